The molecule has 2 aromatic rings. The lowest BCUT2D eigenvalue weighted by atomic mass is 9.90. The van der Waals surface area contributed by atoms with Crippen molar-refractivity contribution in [2.75, 3.05) is 0 Å². The molecule has 1 N–H and O–H groups in total. The van der Waals surface area contributed by atoms with Gasteiger partial charge in [-0.2, -0.15) is 13.2 Å². The molecule has 5 heteroatoms. The van der Waals surface area contributed by atoms with Crippen molar-refractivity contribution in [2.45, 2.75) is 31.9 Å². The van der Waals surface area contributed by atoms with Crippen molar-refractivity contribution in [1.29, 1.82) is 0 Å². The second-order valence-electron chi connectivity index (χ2n) is 5.39. The SMILES string of the molecule is CCc1ccc(C(Cc2cccc(C(F)(F)F)c2)C(=O)O)cc1. The third kappa shape index (κ3) is 4.34. The smallest absolute Gasteiger partial charge is 0.416 e. The Hall–Kier alpha value is -2.30. The average Bonchev–Trinajstić information content (AvgIpc) is 2.52. The number of carboxylic acids is 1. The molecular formula is C18H17F3O2. The van der Waals surface area contributed by atoms with E-state index in [9.17, 15) is 23.1 Å². The van der Waals surface area contributed by atoms with Crippen LogP contribution in [-0.4, -0.2) is 11.1 Å². The minimum atomic E-state index is -4.43. The fourth-order valence-corrected chi connectivity index (χ4v) is 2.44. The standard InChI is InChI=1S/C18H17F3O2/c1-2-12-6-8-14(9-7-12)16(17(22)23)11-13-4-3-5-15(10-13)18(19,20)21/h3-10,16H,2,11H2,1H3,(H,22,23). The summed E-state index contributed by atoms with van der Waals surface area (Å²) >= 11 is 0. The number of alkyl halides is 3. The minimum absolute atomic E-state index is 0.0186. The molecular weight excluding hydrogens is 305 g/mol. The molecule has 2 nitrogen and oxygen atoms in total. The quantitative estimate of drug-likeness (QED) is 0.868. The molecule has 0 fully saturated rings. The number of hydrogen-bond donors (Lipinski definition) is 1. The van der Waals surface area contributed by atoms with Crippen LogP contribution in [0.15, 0.2) is 48.5 Å². The largest absolute Gasteiger partial charge is 0.481 e. The van der Waals surface area contributed by atoms with Gasteiger partial charge in [0.15, 0.2) is 0 Å². The van der Waals surface area contributed by atoms with Gasteiger partial charge in [-0.25, -0.2) is 0 Å². The fourth-order valence-electron chi connectivity index (χ4n) is 2.44. The molecule has 0 aliphatic heterocycles. The van der Waals surface area contributed by atoms with Crippen LogP contribution in [0.3, 0.4) is 0 Å². The maximum Gasteiger partial charge on any atom is 0.416 e. The Labute approximate surface area is 132 Å². The zero-order valence-electron chi connectivity index (χ0n) is 12.6. The van der Waals surface area contributed by atoms with E-state index in [1.807, 2.05) is 19.1 Å². The summed E-state index contributed by atoms with van der Waals surface area (Å²) in [5.41, 5.74) is 1.26. The number of halogens is 3. The monoisotopic (exact) mass is 322 g/mol. The molecule has 0 amide bonds. The molecule has 122 valence electrons. The van der Waals surface area contributed by atoms with Gasteiger partial charge in [0, 0.05) is 0 Å². The van der Waals surface area contributed by atoms with E-state index < -0.39 is 23.6 Å². The van der Waals surface area contributed by atoms with E-state index in [4.69, 9.17) is 0 Å². The van der Waals surface area contributed by atoms with Crippen molar-refractivity contribution in [2.24, 2.45) is 0 Å². The lowest BCUT2D eigenvalue weighted by Gasteiger charge is -2.15. The third-order valence-electron chi connectivity index (χ3n) is 3.78. The lowest BCUT2D eigenvalue weighted by Crippen LogP contribution is -2.15. The number of aryl methyl sites for hydroxylation is 1. The van der Waals surface area contributed by atoms with E-state index in [2.05, 4.69) is 0 Å². The number of hydrogen-bond acceptors (Lipinski definition) is 1. The zero-order chi connectivity index (χ0) is 17.0. The van der Waals surface area contributed by atoms with Gasteiger partial charge in [-0.1, -0.05) is 49.4 Å². The first-order chi connectivity index (χ1) is 10.8. The highest BCUT2D eigenvalue weighted by molar-refractivity contribution is 5.76. The van der Waals surface area contributed by atoms with Crippen LogP contribution in [0.5, 0.6) is 0 Å². The van der Waals surface area contributed by atoms with E-state index in [1.165, 1.54) is 12.1 Å². The van der Waals surface area contributed by atoms with Crippen LogP contribution in [0.1, 0.15) is 35.1 Å². The van der Waals surface area contributed by atoms with Gasteiger partial charge in [0.05, 0.1) is 11.5 Å². The molecule has 0 aromatic heterocycles. The van der Waals surface area contributed by atoms with Crippen molar-refractivity contribution in [3.05, 3.63) is 70.8 Å². The molecule has 0 radical (unpaired) electrons. The highest BCUT2D eigenvalue weighted by Gasteiger charge is 2.31. The number of benzene rings is 2. The van der Waals surface area contributed by atoms with Crippen molar-refractivity contribution < 1.29 is 23.1 Å². The van der Waals surface area contributed by atoms with Crippen LogP contribution in [0.25, 0.3) is 0 Å². The Morgan fingerprint density at radius 1 is 1.09 bits per heavy atom. The lowest BCUT2D eigenvalue weighted by molar-refractivity contribution is -0.138. The van der Waals surface area contributed by atoms with Gasteiger partial charge in [-0.05, 0) is 35.6 Å². The van der Waals surface area contributed by atoms with Crippen LogP contribution in [0.4, 0.5) is 13.2 Å². The highest BCUT2D eigenvalue weighted by Crippen LogP contribution is 2.31. The second kappa shape index (κ2) is 6.86. The summed E-state index contributed by atoms with van der Waals surface area (Å²) in [6.45, 7) is 1.99. The summed E-state index contributed by atoms with van der Waals surface area (Å²) in [5, 5.41) is 9.42. The Morgan fingerprint density at radius 2 is 1.74 bits per heavy atom. The van der Waals surface area contributed by atoms with Gasteiger partial charge in [0.2, 0.25) is 0 Å². The van der Waals surface area contributed by atoms with Gasteiger partial charge in [0.1, 0.15) is 0 Å². The number of rotatable bonds is 5. The second-order valence-corrected chi connectivity index (χ2v) is 5.39. The van der Waals surface area contributed by atoms with Crippen molar-refractivity contribution in [1.82, 2.24) is 0 Å². The van der Waals surface area contributed by atoms with E-state index >= 15 is 0 Å². The van der Waals surface area contributed by atoms with Gasteiger partial charge in [-0.3, -0.25) is 4.79 Å². The van der Waals surface area contributed by atoms with Crippen molar-refractivity contribution in [3.63, 3.8) is 0 Å². The molecule has 23 heavy (non-hydrogen) atoms. The maximum atomic E-state index is 12.8. The predicted molar refractivity (Wildman–Crippen MR) is 81.3 cm³/mol. The van der Waals surface area contributed by atoms with Crippen molar-refractivity contribution in [3.8, 4) is 0 Å². The average molecular weight is 322 g/mol. The summed E-state index contributed by atoms with van der Waals surface area (Å²) in [5.74, 6) is -1.92. The predicted octanol–water partition coefficient (Wildman–Crippen LogP) is 4.68. The number of carboxylic acid groups (broad SMARTS) is 1. The van der Waals surface area contributed by atoms with Crippen LogP contribution >= 0.6 is 0 Å². The fraction of sp³-hybridized carbons (Fsp3) is 0.278. The Morgan fingerprint density at radius 3 is 2.26 bits per heavy atom. The number of carbonyl (C=O) groups is 1. The summed E-state index contributed by atoms with van der Waals surface area (Å²) in [6, 6.07) is 12.0. The molecule has 0 aliphatic carbocycles. The summed E-state index contributed by atoms with van der Waals surface area (Å²) in [4.78, 5) is 11.5. The van der Waals surface area contributed by atoms with Gasteiger partial charge in [0.25, 0.3) is 0 Å². The molecule has 1 unspecified atom stereocenters. The topological polar surface area (TPSA) is 37.3 Å². The van der Waals surface area contributed by atoms with Crippen LogP contribution in [0.2, 0.25) is 0 Å². The normalized spacial score (nSPS) is 12.9. The van der Waals surface area contributed by atoms with Gasteiger partial charge >= 0.3 is 12.1 Å². The summed E-state index contributed by atoms with van der Waals surface area (Å²) in [6.07, 6.45) is -3.58. The van der Waals surface area contributed by atoms with E-state index in [0.717, 1.165) is 24.1 Å². The zero-order valence-corrected chi connectivity index (χ0v) is 12.6. The molecule has 0 aliphatic rings. The molecule has 0 saturated heterocycles. The molecule has 2 rings (SSSR count). The highest BCUT2D eigenvalue weighted by atomic mass is 19.4. The van der Waals surface area contributed by atoms with Crippen molar-refractivity contribution >= 4 is 5.97 Å². The number of aliphatic carboxylic acids is 1. The third-order valence-corrected chi connectivity index (χ3v) is 3.78. The Balaban J connectivity index is 2.27. The molecule has 0 saturated carbocycles. The van der Waals surface area contributed by atoms with Crippen LogP contribution in [0, 0.1) is 0 Å². The molecule has 1 atom stereocenters. The molecule has 0 heterocycles. The summed E-state index contributed by atoms with van der Waals surface area (Å²) < 4.78 is 38.3. The van der Waals surface area contributed by atoms with E-state index in [0.29, 0.717) is 11.1 Å². The first-order valence-corrected chi connectivity index (χ1v) is 7.29. The molecule has 0 bridgehead atoms. The first kappa shape index (κ1) is 17.1. The van der Waals surface area contributed by atoms with Crippen LogP contribution < -0.4 is 0 Å². The van der Waals surface area contributed by atoms with Crippen LogP contribution in [-0.2, 0) is 23.8 Å². The molecule has 2 aromatic carbocycles. The Bertz CT molecular complexity index is 675. The maximum absolute atomic E-state index is 12.8. The van der Waals surface area contributed by atoms with E-state index in [-0.39, 0.29) is 6.42 Å². The first-order valence-electron chi connectivity index (χ1n) is 7.29. The van der Waals surface area contributed by atoms with Gasteiger partial charge < -0.3 is 5.11 Å². The summed E-state index contributed by atoms with van der Waals surface area (Å²) in [7, 11) is 0. The minimum Gasteiger partial charge on any atom is -0.481 e. The van der Waals surface area contributed by atoms with Gasteiger partial charge in [-0.15, -0.1) is 0 Å². The Kier molecular flexibility index (Phi) is 5.08. The molecule has 0 spiro atoms. The van der Waals surface area contributed by atoms with E-state index in [1.54, 1.807) is 12.1 Å².